The zero-order valence-electron chi connectivity index (χ0n) is 15.0. The second-order valence-electron chi connectivity index (χ2n) is 6.45. The molecule has 28 heavy (non-hydrogen) atoms. The number of imidazole rings is 1. The number of benzene rings is 1. The number of imide groups is 1. The maximum absolute atomic E-state index is 12.6. The summed E-state index contributed by atoms with van der Waals surface area (Å²) in [6.07, 6.45) is 7.53. The molecule has 0 bridgehead atoms. The normalized spacial score (nSPS) is 13.1. The van der Waals surface area contributed by atoms with E-state index in [2.05, 4.69) is 10.3 Å². The Morgan fingerprint density at radius 2 is 2.00 bits per heavy atom. The van der Waals surface area contributed by atoms with Gasteiger partial charge in [0.2, 0.25) is 0 Å². The Kier molecular flexibility index (Phi) is 4.76. The number of amides is 3. The van der Waals surface area contributed by atoms with Crippen molar-refractivity contribution in [2.45, 2.75) is 19.5 Å². The third-order valence-electron chi connectivity index (χ3n) is 4.56. The molecule has 0 atom stereocenters. The Labute approximate surface area is 160 Å². The van der Waals surface area contributed by atoms with Gasteiger partial charge in [-0.1, -0.05) is 0 Å². The Balaban J connectivity index is 1.40. The third-order valence-corrected chi connectivity index (χ3v) is 4.56. The minimum absolute atomic E-state index is 0.0646. The standard InChI is InChI=1S/C20H18N4O4/c25-18(22-6-2-8-23-9-7-21-13-23)14-4-5-16-17(11-14)20(27)24(19(16)26)12-15-3-1-10-28-15/h1,3-5,7,9-11,13H,2,6,8,12H2,(H,22,25). The van der Waals surface area contributed by atoms with Gasteiger partial charge in [0, 0.05) is 31.0 Å². The smallest absolute Gasteiger partial charge is 0.261 e. The largest absolute Gasteiger partial charge is 0.467 e. The molecule has 0 saturated heterocycles. The van der Waals surface area contributed by atoms with E-state index in [1.165, 1.54) is 18.4 Å². The molecule has 0 fully saturated rings. The fourth-order valence-electron chi connectivity index (χ4n) is 3.12. The van der Waals surface area contributed by atoms with Crippen LogP contribution in [0.5, 0.6) is 0 Å². The van der Waals surface area contributed by atoms with Gasteiger partial charge in [-0.2, -0.15) is 0 Å². The second-order valence-corrected chi connectivity index (χ2v) is 6.45. The van der Waals surface area contributed by atoms with Crippen LogP contribution >= 0.6 is 0 Å². The molecular weight excluding hydrogens is 360 g/mol. The summed E-state index contributed by atoms with van der Waals surface area (Å²) < 4.78 is 7.15. The van der Waals surface area contributed by atoms with Gasteiger partial charge in [-0.15, -0.1) is 0 Å². The molecule has 142 valence electrons. The second kappa shape index (κ2) is 7.51. The Hall–Kier alpha value is -3.68. The van der Waals surface area contributed by atoms with E-state index in [1.54, 1.807) is 30.7 Å². The first kappa shape index (κ1) is 17.7. The molecule has 0 saturated carbocycles. The molecule has 3 amide bonds. The van der Waals surface area contributed by atoms with E-state index in [0.717, 1.165) is 17.9 Å². The number of hydrogen-bond donors (Lipinski definition) is 1. The van der Waals surface area contributed by atoms with Gasteiger partial charge in [0.05, 0.1) is 30.3 Å². The van der Waals surface area contributed by atoms with Crippen molar-refractivity contribution in [3.8, 4) is 0 Å². The van der Waals surface area contributed by atoms with Crippen LogP contribution in [0.2, 0.25) is 0 Å². The van der Waals surface area contributed by atoms with E-state index in [4.69, 9.17) is 4.42 Å². The van der Waals surface area contributed by atoms with Crippen molar-refractivity contribution in [3.63, 3.8) is 0 Å². The Bertz CT molecular complexity index is 1010. The molecule has 1 N–H and O–H groups in total. The molecule has 3 aromatic rings. The van der Waals surface area contributed by atoms with Crippen molar-refractivity contribution in [2.75, 3.05) is 6.54 Å². The highest BCUT2D eigenvalue weighted by molar-refractivity contribution is 6.21. The minimum atomic E-state index is -0.425. The number of aromatic nitrogens is 2. The van der Waals surface area contributed by atoms with E-state index < -0.39 is 5.91 Å². The van der Waals surface area contributed by atoms with Crippen LogP contribution in [0.1, 0.15) is 43.3 Å². The lowest BCUT2D eigenvalue weighted by molar-refractivity contribution is 0.0631. The Morgan fingerprint density at radius 3 is 2.75 bits per heavy atom. The van der Waals surface area contributed by atoms with Gasteiger partial charge in [-0.25, -0.2) is 4.98 Å². The summed E-state index contributed by atoms with van der Waals surface area (Å²) in [5.74, 6) is -0.571. The zero-order chi connectivity index (χ0) is 19.5. The first-order valence-electron chi connectivity index (χ1n) is 8.90. The summed E-state index contributed by atoms with van der Waals surface area (Å²) in [4.78, 5) is 42.6. The highest BCUT2D eigenvalue weighted by atomic mass is 16.3. The summed E-state index contributed by atoms with van der Waals surface area (Å²) in [5, 5.41) is 2.83. The SMILES string of the molecule is O=C(NCCCn1ccnc1)c1ccc2c(c1)C(=O)N(Cc1ccco1)C2=O. The quantitative estimate of drug-likeness (QED) is 0.502. The predicted octanol–water partition coefficient (Wildman–Crippen LogP) is 2.09. The molecule has 1 aliphatic rings. The summed E-state index contributed by atoms with van der Waals surface area (Å²) in [7, 11) is 0. The van der Waals surface area contributed by atoms with E-state index in [1.807, 2.05) is 10.8 Å². The molecule has 8 nitrogen and oxygen atoms in total. The summed E-state index contributed by atoms with van der Waals surface area (Å²) in [5.41, 5.74) is 0.887. The van der Waals surface area contributed by atoms with Crippen LogP contribution in [-0.4, -0.2) is 38.7 Å². The molecule has 0 radical (unpaired) electrons. The van der Waals surface area contributed by atoms with E-state index >= 15 is 0 Å². The van der Waals surface area contributed by atoms with E-state index in [0.29, 0.717) is 23.4 Å². The molecule has 1 aromatic carbocycles. The molecule has 4 rings (SSSR count). The lowest BCUT2D eigenvalue weighted by Crippen LogP contribution is -2.28. The van der Waals surface area contributed by atoms with Gasteiger partial charge in [-0.05, 0) is 36.8 Å². The van der Waals surface area contributed by atoms with Gasteiger partial charge in [0.1, 0.15) is 5.76 Å². The Morgan fingerprint density at radius 1 is 1.14 bits per heavy atom. The average Bonchev–Trinajstić information content (AvgIpc) is 3.45. The van der Waals surface area contributed by atoms with Gasteiger partial charge >= 0.3 is 0 Å². The first-order valence-corrected chi connectivity index (χ1v) is 8.90. The summed E-state index contributed by atoms with van der Waals surface area (Å²) in [6.45, 7) is 1.31. The number of nitrogens with one attached hydrogen (secondary N) is 1. The van der Waals surface area contributed by atoms with Gasteiger partial charge in [0.25, 0.3) is 17.7 Å². The van der Waals surface area contributed by atoms with Crippen LogP contribution in [0.15, 0.2) is 59.7 Å². The first-order chi connectivity index (χ1) is 13.6. The lowest BCUT2D eigenvalue weighted by atomic mass is 10.1. The van der Waals surface area contributed by atoms with Crippen molar-refractivity contribution in [2.24, 2.45) is 0 Å². The monoisotopic (exact) mass is 378 g/mol. The molecule has 3 heterocycles. The van der Waals surface area contributed by atoms with Crippen LogP contribution in [0.25, 0.3) is 0 Å². The van der Waals surface area contributed by atoms with E-state index in [-0.39, 0.29) is 23.9 Å². The minimum Gasteiger partial charge on any atom is -0.467 e. The highest BCUT2D eigenvalue weighted by Gasteiger charge is 2.36. The molecule has 8 heteroatoms. The van der Waals surface area contributed by atoms with Crippen LogP contribution in [0.4, 0.5) is 0 Å². The van der Waals surface area contributed by atoms with Gasteiger partial charge < -0.3 is 14.3 Å². The highest BCUT2D eigenvalue weighted by Crippen LogP contribution is 2.25. The van der Waals surface area contributed by atoms with Gasteiger partial charge in [-0.3, -0.25) is 19.3 Å². The molecule has 2 aromatic heterocycles. The summed E-state index contributed by atoms with van der Waals surface area (Å²) >= 11 is 0. The van der Waals surface area contributed by atoms with Crippen molar-refractivity contribution < 1.29 is 18.8 Å². The van der Waals surface area contributed by atoms with Crippen molar-refractivity contribution in [3.05, 3.63) is 77.8 Å². The summed E-state index contributed by atoms with van der Waals surface area (Å²) in [6, 6.07) is 7.96. The van der Waals surface area contributed by atoms with Crippen molar-refractivity contribution in [1.82, 2.24) is 19.8 Å². The zero-order valence-corrected chi connectivity index (χ0v) is 15.0. The predicted molar refractivity (Wildman–Crippen MR) is 98.5 cm³/mol. The lowest BCUT2D eigenvalue weighted by Gasteiger charge is -2.11. The number of nitrogens with zero attached hydrogens (tertiary/aromatic N) is 3. The van der Waals surface area contributed by atoms with Gasteiger partial charge in [0.15, 0.2) is 0 Å². The number of aryl methyl sites for hydroxylation is 1. The fourth-order valence-corrected chi connectivity index (χ4v) is 3.12. The number of hydrogen-bond acceptors (Lipinski definition) is 5. The van der Waals surface area contributed by atoms with Crippen molar-refractivity contribution in [1.29, 1.82) is 0 Å². The van der Waals surface area contributed by atoms with Crippen LogP contribution in [0, 0.1) is 0 Å². The van der Waals surface area contributed by atoms with Crippen LogP contribution in [0.3, 0.4) is 0 Å². The average molecular weight is 378 g/mol. The fraction of sp³-hybridized carbons (Fsp3) is 0.200. The molecular formula is C20H18N4O4. The molecule has 1 aliphatic heterocycles. The number of carbonyl (C=O) groups excluding carboxylic acids is 3. The number of fused-ring (bicyclic) bond motifs is 1. The number of furan rings is 1. The van der Waals surface area contributed by atoms with Crippen LogP contribution in [-0.2, 0) is 13.1 Å². The maximum atomic E-state index is 12.6. The van der Waals surface area contributed by atoms with E-state index in [9.17, 15) is 14.4 Å². The number of carbonyl (C=O) groups is 3. The maximum Gasteiger partial charge on any atom is 0.261 e. The van der Waals surface area contributed by atoms with Crippen molar-refractivity contribution >= 4 is 17.7 Å². The third kappa shape index (κ3) is 3.44. The van der Waals surface area contributed by atoms with Crippen LogP contribution < -0.4 is 5.32 Å². The number of rotatable bonds is 7. The topological polar surface area (TPSA) is 97.4 Å². The molecule has 0 aliphatic carbocycles. The molecule has 0 spiro atoms. The molecule has 0 unspecified atom stereocenters.